The molecule has 6 nitrogen and oxygen atoms in total. The Morgan fingerprint density at radius 3 is 2.78 bits per heavy atom. The summed E-state index contributed by atoms with van der Waals surface area (Å²) in [7, 11) is 0. The molecular formula is C12H14N4O2. The highest BCUT2D eigenvalue weighted by atomic mass is 16.6. The van der Waals surface area contributed by atoms with Crippen molar-refractivity contribution in [2.75, 3.05) is 11.1 Å². The third-order valence-electron chi connectivity index (χ3n) is 2.57. The molecule has 1 aromatic heterocycles. The fourth-order valence-electron chi connectivity index (χ4n) is 1.64. The first kappa shape index (κ1) is 12.1. The lowest BCUT2D eigenvalue weighted by molar-refractivity contribution is -0.115. The highest BCUT2D eigenvalue weighted by Crippen LogP contribution is 2.16. The highest BCUT2D eigenvalue weighted by Gasteiger charge is 2.12. The van der Waals surface area contributed by atoms with Crippen LogP contribution in [0.3, 0.4) is 0 Å². The largest absolute Gasteiger partial charge is 0.379 e. The van der Waals surface area contributed by atoms with Gasteiger partial charge in [0.05, 0.1) is 6.42 Å². The number of carbonyl (C=O) groups is 1. The SMILES string of the molecule is Cc1ccc(NC(=O)Cc2nonc2N)c(C)c1. The summed E-state index contributed by atoms with van der Waals surface area (Å²) in [6.45, 7) is 3.94. The van der Waals surface area contributed by atoms with Crippen molar-refractivity contribution in [2.24, 2.45) is 0 Å². The quantitative estimate of drug-likeness (QED) is 0.854. The first-order valence-electron chi connectivity index (χ1n) is 5.50. The molecule has 0 aliphatic carbocycles. The molecule has 6 heteroatoms. The second-order valence-corrected chi connectivity index (χ2v) is 4.14. The van der Waals surface area contributed by atoms with Crippen molar-refractivity contribution >= 4 is 17.4 Å². The van der Waals surface area contributed by atoms with Gasteiger partial charge in [-0.3, -0.25) is 4.79 Å². The minimum absolute atomic E-state index is 0.0443. The number of aryl methyl sites for hydroxylation is 2. The van der Waals surface area contributed by atoms with Crippen LogP contribution in [0.4, 0.5) is 11.5 Å². The van der Waals surface area contributed by atoms with Gasteiger partial charge < -0.3 is 11.1 Å². The molecule has 0 aliphatic heterocycles. The summed E-state index contributed by atoms with van der Waals surface area (Å²) < 4.78 is 4.43. The van der Waals surface area contributed by atoms with E-state index in [1.165, 1.54) is 0 Å². The summed E-state index contributed by atoms with van der Waals surface area (Å²) >= 11 is 0. The van der Waals surface area contributed by atoms with Crippen LogP contribution in [-0.2, 0) is 11.2 Å². The van der Waals surface area contributed by atoms with Crippen molar-refractivity contribution in [3.63, 3.8) is 0 Å². The van der Waals surface area contributed by atoms with Gasteiger partial charge in [-0.25, -0.2) is 4.63 Å². The van der Waals surface area contributed by atoms with E-state index < -0.39 is 0 Å². The average Bonchev–Trinajstić information content (AvgIpc) is 2.69. The summed E-state index contributed by atoms with van der Waals surface area (Å²) in [5.74, 6) is -0.0601. The molecule has 2 rings (SSSR count). The molecule has 3 N–H and O–H groups in total. The van der Waals surface area contributed by atoms with Crippen LogP contribution in [0, 0.1) is 13.8 Å². The number of hydrogen-bond acceptors (Lipinski definition) is 5. The third kappa shape index (κ3) is 2.65. The normalized spacial score (nSPS) is 10.3. The van der Waals surface area contributed by atoms with Crippen LogP contribution in [0.1, 0.15) is 16.8 Å². The molecule has 1 aromatic carbocycles. The maximum Gasteiger partial charge on any atom is 0.230 e. The van der Waals surface area contributed by atoms with Crippen LogP contribution in [0.25, 0.3) is 0 Å². The lowest BCUT2D eigenvalue weighted by Crippen LogP contribution is -2.16. The van der Waals surface area contributed by atoms with Gasteiger partial charge in [-0.05, 0) is 30.6 Å². The predicted molar refractivity (Wildman–Crippen MR) is 67.0 cm³/mol. The van der Waals surface area contributed by atoms with Crippen LogP contribution in [0.2, 0.25) is 0 Å². The molecule has 0 saturated heterocycles. The van der Waals surface area contributed by atoms with Crippen LogP contribution in [0.15, 0.2) is 22.8 Å². The number of nitrogens with two attached hydrogens (primary N) is 1. The number of nitrogen functional groups attached to an aromatic ring is 1. The zero-order valence-electron chi connectivity index (χ0n) is 10.2. The van der Waals surface area contributed by atoms with Crippen molar-refractivity contribution in [1.29, 1.82) is 0 Å². The van der Waals surface area contributed by atoms with Gasteiger partial charge in [-0.15, -0.1) is 0 Å². The Morgan fingerprint density at radius 2 is 2.17 bits per heavy atom. The van der Waals surface area contributed by atoms with Gasteiger partial charge in [0.15, 0.2) is 5.82 Å². The lowest BCUT2D eigenvalue weighted by atomic mass is 10.1. The second-order valence-electron chi connectivity index (χ2n) is 4.14. The average molecular weight is 246 g/mol. The minimum atomic E-state index is -0.204. The van der Waals surface area contributed by atoms with Crippen LogP contribution >= 0.6 is 0 Å². The molecule has 0 bridgehead atoms. The van der Waals surface area contributed by atoms with E-state index in [-0.39, 0.29) is 18.1 Å². The first-order valence-corrected chi connectivity index (χ1v) is 5.50. The van der Waals surface area contributed by atoms with Gasteiger partial charge in [0.25, 0.3) is 0 Å². The summed E-state index contributed by atoms with van der Waals surface area (Å²) in [6.07, 6.45) is 0.0443. The topological polar surface area (TPSA) is 94.0 Å². The molecular weight excluding hydrogens is 232 g/mol. The van der Waals surface area contributed by atoms with Crippen LogP contribution in [0.5, 0.6) is 0 Å². The maximum atomic E-state index is 11.8. The molecule has 0 radical (unpaired) electrons. The summed E-state index contributed by atoms with van der Waals surface area (Å²) in [5.41, 5.74) is 8.77. The fourth-order valence-corrected chi connectivity index (χ4v) is 1.64. The number of nitrogens with zero attached hydrogens (tertiary/aromatic N) is 2. The molecule has 1 heterocycles. The van der Waals surface area contributed by atoms with Gasteiger partial charge in [0, 0.05) is 5.69 Å². The molecule has 0 saturated carbocycles. The smallest absolute Gasteiger partial charge is 0.230 e. The summed E-state index contributed by atoms with van der Waals surface area (Å²) in [5, 5.41) is 9.78. The van der Waals surface area contributed by atoms with Crippen molar-refractivity contribution in [2.45, 2.75) is 20.3 Å². The van der Waals surface area contributed by atoms with E-state index in [1.807, 2.05) is 32.0 Å². The van der Waals surface area contributed by atoms with Crippen molar-refractivity contribution in [1.82, 2.24) is 10.3 Å². The zero-order valence-corrected chi connectivity index (χ0v) is 10.2. The number of anilines is 2. The Morgan fingerprint density at radius 1 is 1.39 bits per heavy atom. The molecule has 18 heavy (non-hydrogen) atoms. The zero-order chi connectivity index (χ0) is 13.1. The van der Waals surface area contributed by atoms with E-state index in [4.69, 9.17) is 5.73 Å². The summed E-state index contributed by atoms with van der Waals surface area (Å²) in [4.78, 5) is 11.8. The monoisotopic (exact) mass is 246 g/mol. The van der Waals surface area contributed by atoms with Crippen molar-refractivity contribution in [3.05, 3.63) is 35.0 Å². The van der Waals surface area contributed by atoms with E-state index >= 15 is 0 Å². The minimum Gasteiger partial charge on any atom is -0.379 e. The Balaban J connectivity index is 2.05. The molecule has 0 atom stereocenters. The lowest BCUT2D eigenvalue weighted by Gasteiger charge is -2.08. The van der Waals surface area contributed by atoms with E-state index in [0.29, 0.717) is 5.69 Å². The molecule has 94 valence electrons. The molecule has 0 aliphatic rings. The Bertz CT molecular complexity index is 577. The number of rotatable bonds is 3. The molecule has 1 amide bonds. The van der Waals surface area contributed by atoms with Crippen LogP contribution < -0.4 is 11.1 Å². The van der Waals surface area contributed by atoms with Gasteiger partial charge in [0.2, 0.25) is 5.91 Å². The standard InChI is InChI=1S/C12H14N4O2/c1-7-3-4-9(8(2)5-7)14-11(17)6-10-12(13)16-18-15-10/h3-5H,6H2,1-2H3,(H2,13,16)(H,14,17). The van der Waals surface area contributed by atoms with Crippen LogP contribution in [-0.4, -0.2) is 16.2 Å². The number of hydrogen-bond donors (Lipinski definition) is 2. The molecule has 0 spiro atoms. The Kier molecular flexibility index (Phi) is 3.27. The summed E-state index contributed by atoms with van der Waals surface area (Å²) in [6, 6.07) is 5.81. The van der Waals surface area contributed by atoms with Crippen molar-refractivity contribution in [3.8, 4) is 0 Å². The number of aromatic nitrogens is 2. The van der Waals surface area contributed by atoms with E-state index in [0.717, 1.165) is 16.8 Å². The molecule has 0 unspecified atom stereocenters. The number of carbonyl (C=O) groups excluding carboxylic acids is 1. The number of nitrogens with one attached hydrogen (secondary N) is 1. The number of benzene rings is 1. The third-order valence-corrected chi connectivity index (χ3v) is 2.57. The Labute approximate surface area is 104 Å². The second kappa shape index (κ2) is 4.87. The molecule has 0 fully saturated rings. The fraction of sp³-hybridized carbons (Fsp3) is 0.250. The van der Waals surface area contributed by atoms with Crippen molar-refractivity contribution < 1.29 is 9.42 Å². The van der Waals surface area contributed by atoms with Gasteiger partial charge in [0.1, 0.15) is 5.69 Å². The van der Waals surface area contributed by atoms with E-state index in [2.05, 4.69) is 20.3 Å². The predicted octanol–water partition coefficient (Wildman–Crippen LogP) is 1.45. The highest BCUT2D eigenvalue weighted by molar-refractivity contribution is 5.93. The maximum absolute atomic E-state index is 11.8. The number of amides is 1. The van der Waals surface area contributed by atoms with E-state index in [9.17, 15) is 4.79 Å². The van der Waals surface area contributed by atoms with Gasteiger partial charge in [-0.1, -0.05) is 22.9 Å². The Hall–Kier alpha value is -2.37. The first-order chi connectivity index (χ1) is 8.56. The van der Waals surface area contributed by atoms with Gasteiger partial charge >= 0.3 is 0 Å². The molecule has 2 aromatic rings. The van der Waals surface area contributed by atoms with Gasteiger partial charge in [-0.2, -0.15) is 0 Å². The van der Waals surface area contributed by atoms with E-state index in [1.54, 1.807) is 0 Å².